The number of nitrogens with zero attached hydrogens (tertiary/aromatic N) is 2. The van der Waals surface area contributed by atoms with Crippen molar-refractivity contribution in [3.05, 3.63) is 35.7 Å². The molecule has 1 aromatic carbocycles. The fraction of sp³-hybridized carbons (Fsp3) is 0.467. The number of benzene rings is 1. The smallest absolute Gasteiger partial charge is 0.227 e. The molecule has 1 aliphatic heterocycles. The summed E-state index contributed by atoms with van der Waals surface area (Å²) in [4.78, 5) is 4.49. The quantitative estimate of drug-likeness (QED) is 0.914. The molecule has 1 atom stereocenters. The third-order valence-corrected chi connectivity index (χ3v) is 3.71. The van der Waals surface area contributed by atoms with Crippen molar-refractivity contribution >= 4 is 0 Å². The van der Waals surface area contributed by atoms with Gasteiger partial charge in [0.1, 0.15) is 0 Å². The Morgan fingerprint density at radius 2 is 2.16 bits per heavy atom. The lowest BCUT2D eigenvalue weighted by Gasteiger charge is -2.01. The second kappa shape index (κ2) is 5.53. The molecule has 1 saturated heterocycles. The first-order valence-electron chi connectivity index (χ1n) is 6.97. The van der Waals surface area contributed by atoms with E-state index in [-0.39, 0.29) is 0 Å². The zero-order valence-electron chi connectivity index (χ0n) is 11.2. The van der Waals surface area contributed by atoms with E-state index in [1.807, 2.05) is 0 Å². The fourth-order valence-electron chi connectivity index (χ4n) is 2.48. The molecule has 1 fully saturated rings. The second-order valence-electron chi connectivity index (χ2n) is 5.13. The van der Waals surface area contributed by atoms with Gasteiger partial charge >= 0.3 is 0 Å². The van der Waals surface area contributed by atoms with Crippen LogP contribution in [0.3, 0.4) is 0 Å². The Bertz CT molecular complexity index is 527. The molecule has 4 heteroatoms. The van der Waals surface area contributed by atoms with Crippen LogP contribution in [0.4, 0.5) is 0 Å². The molecular weight excluding hydrogens is 238 g/mol. The molecular formula is C15H19N3O. The first-order chi connectivity index (χ1) is 9.35. The van der Waals surface area contributed by atoms with E-state index in [2.05, 4.69) is 46.6 Å². The van der Waals surface area contributed by atoms with E-state index in [0.717, 1.165) is 37.4 Å². The van der Waals surface area contributed by atoms with Crippen molar-refractivity contribution in [1.82, 2.24) is 15.5 Å². The zero-order valence-corrected chi connectivity index (χ0v) is 11.2. The van der Waals surface area contributed by atoms with Crippen LogP contribution in [0.2, 0.25) is 0 Å². The minimum atomic E-state index is 0.635. The maximum absolute atomic E-state index is 5.35. The van der Waals surface area contributed by atoms with E-state index < -0.39 is 0 Å². The van der Waals surface area contributed by atoms with E-state index >= 15 is 0 Å². The van der Waals surface area contributed by atoms with Crippen LogP contribution in [-0.2, 0) is 12.8 Å². The van der Waals surface area contributed by atoms with E-state index in [1.165, 1.54) is 12.0 Å². The van der Waals surface area contributed by atoms with Crippen LogP contribution >= 0.6 is 0 Å². The molecule has 0 amide bonds. The minimum absolute atomic E-state index is 0.635. The molecule has 3 rings (SSSR count). The first-order valence-corrected chi connectivity index (χ1v) is 6.97. The Kier molecular flexibility index (Phi) is 3.60. The molecule has 4 nitrogen and oxygen atoms in total. The third-order valence-electron chi connectivity index (χ3n) is 3.71. The van der Waals surface area contributed by atoms with Gasteiger partial charge in [-0.3, -0.25) is 0 Å². The average molecular weight is 257 g/mol. The number of aryl methyl sites for hydroxylation is 1. The SMILES string of the molecule is CCc1ccc(-c2noc(CC3CCNC3)n2)cc1. The largest absolute Gasteiger partial charge is 0.339 e. The molecule has 1 aliphatic rings. The summed E-state index contributed by atoms with van der Waals surface area (Å²) in [5.74, 6) is 2.09. The Labute approximate surface area is 113 Å². The molecule has 1 unspecified atom stereocenters. The summed E-state index contributed by atoms with van der Waals surface area (Å²) in [6, 6.07) is 8.35. The van der Waals surface area contributed by atoms with Gasteiger partial charge in [-0.2, -0.15) is 4.98 Å². The normalized spacial score (nSPS) is 18.9. The fourth-order valence-corrected chi connectivity index (χ4v) is 2.48. The van der Waals surface area contributed by atoms with Gasteiger partial charge in [0.15, 0.2) is 0 Å². The summed E-state index contributed by atoms with van der Waals surface area (Å²) >= 11 is 0. The summed E-state index contributed by atoms with van der Waals surface area (Å²) in [5.41, 5.74) is 2.35. The Hall–Kier alpha value is -1.68. The summed E-state index contributed by atoms with van der Waals surface area (Å²) in [6.45, 7) is 4.31. The van der Waals surface area contributed by atoms with Crippen molar-refractivity contribution in [2.45, 2.75) is 26.2 Å². The molecule has 100 valence electrons. The van der Waals surface area contributed by atoms with Gasteiger partial charge in [-0.15, -0.1) is 0 Å². The number of aromatic nitrogens is 2. The molecule has 0 radical (unpaired) electrons. The van der Waals surface area contributed by atoms with Crippen LogP contribution in [-0.4, -0.2) is 23.2 Å². The molecule has 0 spiro atoms. The van der Waals surface area contributed by atoms with Crippen molar-refractivity contribution in [2.24, 2.45) is 5.92 Å². The molecule has 0 saturated carbocycles. The number of hydrogen-bond acceptors (Lipinski definition) is 4. The van der Waals surface area contributed by atoms with E-state index in [9.17, 15) is 0 Å². The van der Waals surface area contributed by atoms with Gasteiger partial charge in [0, 0.05) is 12.0 Å². The molecule has 1 N–H and O–H groups in total. The van der Waals surface area contributed by atoms with Gasteiger partial charge < -0.3 is 9.84 Å². The second-order valence-corrected chi connectivity index (χ2v) is 5.13. The highest BCUT2D eigenvalue weighted by atomic mass is 16.5. The van der Waals surface area contributed by atoms with Crippen LogP contribution in [0.5, 0.6) is 0 Å². The average Bonchev–Trinajstić information content (AvgIpc) is 3.11. The predicted octanol–water partition coefficient (Wildman–Crippen LogP) is 2.45. The van der Waals surface area contributed by atoms with Gasteiger partial charge in [0.2, 0.25) is 11.7 Å². The van der Waals surface area contributed by atoms with Crippen molar-refractivity contribution in [2.75, 3.05) is 13.1 Å². The topological polar surface area (TPSA) is 51.0 Å². The Balaban J connectivity index is 1.72. The summed E-state index contributed by atoms with van der Waals surface area (Å²) in [6.07, 6.45) is 3.13. The Morgan fingerprint density at radius 3 is 2.84 bits per heavy atom. The summed E-state index contributed by atoms with van der Waals surface area (Å²) in [7, 11) is 0. The number of nitrogens with one attached hydrogen (secondary N) is 1. The minimum Gasteiger partial charge on any atom is -0.339 e. The first kappa shape index (κ1) is 12.4. The monoisotopic (exact) mass is 257 g/mol. The van der Waals surface area contributed by atoms with Crippen LogP contribution in [0.15, 0.2) is 28.8 Å². The predicted molar refractivity (Wildman–Crippen MR) is 73.8 cm³/mol. The van der Waals surface area contributed by atoms with E-state index in [4.69, 9.17) is 4.52 Å². The van der Waals surface area contributed by atoms with Crippen LogP contribution in [0, 0.1) is 5.92 Å². The van der Waals surface area contributed by atoms with Crippen molar-refractivity contribution in [3.8, 4) is 11.4 Å². The van der Waals surface area contributed by atoms with E-state index in [0.29, 0.717) is 11.7 Å². The highest BCUT2D eigenvalue weighted by Crippen LogP contribution is 2.19. The van der Waals surface area contributed by atoms with Crippen molar-refractivity contribution in [1.29, 1.82) is 0 Å². The van der Waals surface area contributed by atoms with Crippen LogP contribution in [0.1, 0.15) is 24.8 Å². The maximum atomic E-state index is 5.35. The standard InChI is InChI=1S/C15H19N3O/c1-2-11-3-5-13(6-4-11)15-17-14(19-18-15)9-12-7-8-16-10-12/h3-6,12,16H,2,7-10H2,1H3. The van der Waals surface area contributed by atoms with Crippen molar-refractivity contribution in [3.63, 3.8) is 0 Å². The van der Waals surface area contributed by atoms with Gasteiger partial charge in [-0.25, -0.2) is 0 Å². The molecule has 2 aromatic rings. The zero-order chi connectivity index (χ0) is 13.1. The Morgan fingerprint density at radius 1 is 1.32 bits per heavy atom. The summed E-state index contributed by atoms with van der Waals surface area (Å²) < 4.78 is 5.35. The highest BCUT2D eigenvalue weighted by Gasteiger charge is 2.18. The van der Waals surface area contributed by atoms with Gasteiger partial charge in [0.05, 0.1) is 0 Å². The summed E-state index contributed by atoms with van der Waals surface area (Å²) in [5, 5.41) is 7.43. The van der Waals surface area contributed by atoms with E-state index in [1.54, 1.807) is 0 Å². The molecule has 0 bridgehead atoms. The van der Waals surface area contributed by atoms with Gasteiger partial charge in [0.25, 0.3) is 0 Å². The third kappa shape index (κ3) is 2.84. The lowest BCUT2D eigenvalue weighted by atomic mass is 10.1. The number of rotatable bonds is 4. The molecule has 1 aromatic heterocycles. The van der Waals surface area contributed by atoms with Crippen LogP contribution < -0.4 is 5.32 Å². The molecule has 19 heavy (non-hydrogen) atoms. The maximum Gasteiger partial charge on any atom is 0.227 e. The highest BCUT2D eigenvalue weighted by molar-refractivity contribution is 5.54. The van der Waals surface area contributed by atoms with Crippen LogP contribution in [0.25, 0.3) is 11.4 Å². The molecule has 2 heterocycles. The van der Waals surface area contributed by atoms with Crippen molar-refractivity contribution < 1.29 is 4.52 Å². The lowest BCUT2D eigenvalue weighted by Crippen LogP contribution is -2.10. The molecule has 0 aliphatic carbocycles. The van der Waals surface area contributed by atoms with Gasteiger partial charge in [-0.05, 0) is 37.4 Å². The lowest BCUT2D eigenvalue weighted by molar-refractivity contribution is 0.358. The number of hydrogen-bond donors (Lipinski definition) is 1. The van der Waals surface area contributed by atoms with Gasteiger partial charge in [-0.1, -0.05) is 36.3 Å².